The number of nitrogens with one attached hydrogen (secondary N) is 3. The number of anilines is 1. The number of hydrogen-bond acceptors (Lipinski definition) is 9. The van der Waals surface area contributed by atoms with Gasteiger partial charge in [-0.2, -0.15) is 5.48 Å². The number of halogens is 1. The van der Waals surface area contributed by atoms with Gasteiger partial charge in [-0.15, -0.1) is 0 Å². The van der Waals surface area contributed by atoms with Crippen LogP contribution >= 0.6 is 22.9 Å². The summed E-state index contributed by atoms with van der Waals surface area (Å²) in [5.74, 6) is -0.178. The van der Waals surface area contributed by atoms with E-state index < -0.39 is 35.5 Å². The maximum Gasteiger partial charge on any atom is 0.278 e. The minimum absolute atomic E-state index is 0.170. The number of carbonyl (C=O) groups excluding carboxylic acids is 3. The zero-order valence-electron chi connectivity index (χ0n) is 28.2. The quantitative estimate of drug-likeness (QED) is 0.143. The summed E-state index contributed by atoms with van der Waals surface area (Å²) in [6, 6.07) is 20.3. The minimum Gasteiger partial charge on any atom is -0.497 e. The van der Waals surface area contributed by atoms with E-state index in [0.29, 0.717) is 34.6 Å². The molecule has 0 spiro atoms. The van der Waals surface area contributed by atoms with Crippen molar-refractivity contribution in [2.75, 3.05) is 19.0 Å². The van der Waals surface area contributed by atoms with Crippen molar-refractivity contribution in [3.05, 3.63) is 90.0 Å². The van der Waals surface area contributed by atoms with Crippen molar-refractivity contribution < 1.29 is 28.7 Å². The van der Waals surface area contributed by atoms with Crippen LogP contribution in [0.3, 0.4) is 0 Å². The Kier molecular flexibility index (Phi) is 10.3. The molecule has 3 N–H and O–H groups in total. The first-order valence-electron chi connectivity index (χ1n) is 17.3. The summed E-state index contributed by atoms with van der Waals surface area (Å²) < 4.78 is 12.7. The predicted molar refractivity (Wildman–Crippen MR) is 196 cm³/mol. The number of hydrogen-bond donors (Lipinski definition) is 3. The highest BCUT2D eigenvalue weighted by atomic mass is 35.5. The van der Waals surface area contributed by atoms with E-state index in [2.05, 4.69) is 27.2 Å². The van der Waals surface area contributed by atoms with Gasteiger partial charge in [0, 0.05) is 29.1 Å². The first-order chi connectivity index (χ1) is 24.8. The van der Waals surface area contributed by atoms with Gasteiger partial charge in [0.05, 0.1) is 23.9 Å². The highest BCUT2D eigenvalue weighted by molar-refractivity contribution is 7.20. The number of fused-ring (bicyclic) bond motifs is 3. The smallest absolute Gasteiger partial charge is 0.278 e. The molecular formula is C38H40ClN5O6S. The summed E-state index contributed by atoms with van der Waals surface area (Å²) in [5, 5.41) is 7.52. The molecule has 1 saturated carbocycles. The first kappa shape index (κ1) is 34.6. The molecule has 0 radical (unpaired) electrons. The normalized spacial score (nSPS) is 25.7. The number of allylic oxidation sites excluding steroid dienone is 1. The van der Waals surface area contributed by atoms with Crippen molar-refractivity contribution in [1.82, 2.24) is 20.7 Å². The molecule has 51 heavy (non-hydrogen) atoms. The second kappa shape index (κ2) is 15.2. The van der Waals surface area contributed by atoms with Crippen LogP contribution in [0.1, 0.15) is 44.9 Å². The monoisotopic (exact) mass is 729 g/mol. The van der Waals surface area contributed by atoms with Gasteiger partial charge in [-0.05, 0) is 68.1 Å². The fourth-order valence-electron chi connectivity index (χ4n) is 6.83. The van der Waals surface area contributed by atoms with Crippen molar-refractivity contribution >= 4 is 56.6 Å². The lowest BCUT2D eigenvalue weighted by molar-refractivity contribution is -0.141. The van der Waals surface area contributed by atoms with Crippen LogP contribution in [0.2, 0.25) is 5.02 Å². The van der Waals surface area contributed by atoms with Crippen molar-refractivity contribution in [2.24, 2.45) is 5.92 Å². The third-order valence-corrected chi connectivity index (χ3v) is 10.8. The molecule has 266 valence electrons. The van der Waals surface area contributed by atoms with E-state index in [0.717, 1.165) is 41.6 Å². The fourth-order valence-corrected chi connectivity index (χ4v) is 7.99. The Morgan fingerprint density at radius 2 is 1.88 bits per heavy atom. The molecule has 3 amide bonds. The molecule has 3 heterocycles. The van der Waals surface area contributed by atoms with Crippen molar-refractivity contribution in [3.63, 3.8) is 0 Å². The highest BCUT2D eigenvalue weighted by Crippen LogP contribution is 2.45. The first-order valence-corrected chi connectivity index (χ1v) is 18.5. The van der Waals surface area contributed by atoms with Crippen molar-refractivity contribution in [1.29, 1.82) is 0 Å². The van der Waals surface area contributed by atoms with Gasteiger partial charge < -0.3 is 29.8 Å². The number of benzene rings is 3. The average Bonchev–Trinajstić information content (AvgIpc) is 3.44. The Morgan fingerprint density at radius 3 is 2.73 bits per heavy atom. The number of hydroxylamine groups is 1. The maximum absolute atomic E-state index is 14.6. The number of methoxy groups -OCH3 is 1. The number of thiazole rings is 1. The molecule has 0 bridgehead atoms. The molecule has 13 heteroatoms. The zero-order valence-corrected chi connectivity index (χ0v) is 29.8. The van der Waals surface area contributed by atoms with Gasteiger partial charge in [-0.25, -0.2) is 4.98 Å². The lowest BCUT2D eigenvalue weighted by atomic mass is 10.0. The van der Waals surface area contributed by atoms with Gasteiger partial charge in [0.25, 0.3) is 11.1 Å². The summed E-state index contributed by atoms with van der Waals surface area (Å²) in [5.41, 5.74) is 2.83. The summed E-state index contributed by atoms with van der Waals surface area (Å²) in [6.07, 6.45) is 8.27. The summed E-state index contributed by atoms with van der Waals surface area (Å²) in [6.45, 7) is 0.170. The number of amides is 3. The van der Waals surface area contributed by atoms with Gasteiger partial charge in [0.1, 0.15) is 29.5 Å². The van der Waals surface area contributed by atoms with Crippen LogP contribution in [0.25, 0.3) is 10.2 Å². The Hall–Kier alpha value is -4.81. The lowest BCUT2D eigenvalue weighted by Gasteiger charge is -2.30. The molecular weight excluding hydrogens is 690 g/mol. The average molecular weight is 730 g/mol. The topological polar surface area (TPSA) is 131 Å². The van der Waals surface area contributed by atoms with Crippen LogP contribution in [0.15, 0.2) is 84.9 Å². The Morgan fingerprint density at radius 1 is 1.04 bits per heavy atom. The van der Waals surface area contributed by atoms with Crippen molar-refractivity contribution in [2.45, 2.75) is 68.7 Å². The molecule has 0 unspecified atom stereocenters. The van der Waals surface area contributed by atoms with E-state index in [1.165, 1.54) is 11.3 Å². The number of nitrogens with zero attached hydrogens (tertiary/aromatic N) is 2. The molecule has 1 aromatic heterocycles. The van der Waals surface area contributed by atoms with E-state index in [1.807, 2.05) is 48.5 Å². The summed E-state index contributed by atoms with van der Waals surface area (Å²) >= 11 is 7.57. The van der Waals surface area contributed by atoms with Gasteiger partial charge in [0.15, 0.2) is 5.75 Å². The van der Waals surface area contributed by atoms with E-state index >= 15 is 0 Å². The van der Waals surface area contributed by atoms with E-state index in [-0.39, 0.29) is 24.8 Å². The zero-order chi connectivity index (χ0) is 35.4. The van der Waals surface area contributed by atoms with Gasteiger partial charge in [0.2, 0.25) is 11.8 Å². The molecule has 1 aliphatic carbocycles. The Balaban J connectivity index is 1.17. The van der Waals surface area contributed by atoms with Gasteiger partial charge in [-0.1, -0.05) is 72.2 Å². The van der Waals surface area contributed by atoms with Crippen LogP contribution in [0, 0.1) is 5.92 Å². The molecule has 7 rings (SSSR count). The van der Waals surface area contributed by atoms with Crippen LogP contribution in [-0.2, 0) is 14.4 Å². The van der Waals surface area contributed by atoms with Gasteiger partial charge >= 0.3 is 0 Å². The van der Waals surface area contributed by atoms with Crippen LogP contribution in [0.4, 0.5) is 5.69 Å². The third kappa shape index (κ3) is 7.92. The number of ether oxygens (including phenoxy) is 2. The van der Waals surface area contributed by atoms with E-state index in [9.17, 15) is 14.4 Å². The Labute approximate surface area is 305 Å². The van der Waals surface area contributed by atoms with E-state index in [4.69, 9.17) is 25.9 Å². The molecule has 3 aromatic carbocycles. The molecule has 4 aromatic rings. The van der Waals surface area contributed by atoms with Crippen LogP contribution in [0.5, 0.6) is 16.7 Å². The maximum atomic E-state index is 14.6. The van der Waals surface area contributed by atoms with Crippen LogP contribution < -0.4 is 30.4 Å². The molecule has 5 atom stereocenters. The fraction of sp³-hybridized carbons (Fsp3) is 0.368. The number of aromatic nitrogens is 1. The minimum atomic E-state index is -1.22. The molecule has 2 aliphatic heterocycles. The number of rotatable bonds is 8. The molecule has 1 saturated heterocycles. The lowest BCUT2D eigenvalue weighted by Crippen LogP contribution is -2.57. The van der Waals surface area contributed by atoms with Crippen molar-refractivity contribution in [3.8, 4) is 16.7 Å². The highest BCUT2D eigenvalue weighted by Gasteiger charge is 2.61. The standard InChI is InChI=1S/C38H40ClN5O6S/c1-48-28-15-10-12-26(20-28)40-31-16-9-4-2-3-6-11-24-22-38(24,36(47)43-50-27-13-7-5-8-14-27)42-34(45)32-21-29(23-44(32)35(31)46)49-37-41-30-18-17-25(39)19-33(30)51-37/h5-8,10-15,17-20,24,29,31-32,40H,2-4,9,16,21-23H2,1H3,(H,42,45)(H,43,47)/b11-6-/t24-,29-,31+,32+,38-/m1/s1. The third-order valence-electron chi connectivity index (χ3n) is 9.66. The summed E-state index contributed by atoms with van der Waals surface area (Å²) in [4.78, 5) is 54.5. The van der Waals surface area contributed by atoms with Crippen LogP contribution in [-0.4, -0.2) is 65.0 Å². The molecule has 3 aliphatic rings. The predicted octanol–water partition coefficient (Wildman–Crippen LogP) is 6.29. The summed E-state index contributed by atoms with van der Waals surface area (Å²) in [7, 11) is 1.60. The molecule has 2 fully saturated rings. The molecule has 11 nitrogen and oxygen atoms in total. The van der Waals surface area contributed by atoms with E-state index in [1.54, 1.807) is 42.3 Å². The second-order valence-corrected chi connectivity index (χ2v) is 14.6. The SMILES string of the molecule is COc1cccc(N[C@H]2CCCCC/C=C\[C@@H]3C[C@@]3(C(=O)NOc3ccccc3)NC(=O)[C@@H]3C[C@@H](Oc4nc5ccc(Cl)cc5s4)CN3C2=O)c1. The number of carbonyl (C=O) groups is 3. The van der Waals surface area contributed by atoms with Gasteiger partial charge in [-0.3, -0.25) is 14.4 Å². The Bertz CT molecular complexity index is 1920. The second-order valence-electron chi connectivity index (χ2n) is 13.2. The largest absolute Gasteiger partial charge is 0.497 e. The number of para-hydroxylation sites is 1.